The molecule has 0 radical (unpaired) electrons. The topological polar surface area (TPSA) is 55.0 Å². The molecule has 1 unspecified atom stereocenters. The molecule has 0 bridgehead atoms. The number of hydrogen-bond acceptors (Lipinski definition) is 4. The predicted molar refractivity (Wildman–Crippen MR) is 83.9 cm³/mol. The fourth-order valence-corrected chi connectivity index (χ4v) is 3.35. The highest BCUT2D eigenvalue weighted by atomic mass is 32.2. The van der Waals surface area contributed by atoms with Crippen LogP contribution in [0.1, 0.15) is 31.5 Å². The van der Waals surface area contributed by atoms with Crippen molar-refractivity contribution >= 4 is 11.8 Å². The lowest BCUT2D eigenvalue weighted by atomic mass is 10.1. The largest absolute Gasteiger partial charge is 0.480 e. The Morgan fingerprint density at radius 1 is 1.43 bits per heavy atom. The Hall–Kier alpha value is -1.75. The number of benzene rings is 1. The minimum absolute atomic E-state index is 0.108. The van der Waals surface area contributed by atoms with Gasteiger partial charge in [0.05, 0.1) is 0 Å². The van der Waals surface area contributed by atoms with Crippen LogP contribution in [-0.2, 0) is 6.42 Å². The van der Waals surface area contributed by atoms with E-state index in [1.165, 1.54) is 0 Å². The molecule has 1 aliphatic heterocycles. The second kappa shape index (κ2) is 5.93. The predicted octanol–water partition coefficient (Wildman–Crippen LogP) is 3.19. The number of nitrogens with zero attached hydrogens (tertiary/aromatic N) is 1. The van der Waals surface area contributed by atoms with Crippen LogP contribution in [0, 0.1) is 5.92 Å². The average Bonchev–Trinajstić information content (AvgIpc) is 2.45. The zero-order valence-electron chi connectivity index (χ0n) is 12.1. The number of fused-ring (bicyclic) bond motifs is 1. The SMILES string of the molecule is CC(C)Cc1cc(=O)[nH]c(C2CSc3ccccc3O2)n1. The summed E-state index contributed by atoms with van der Waals surface area (Å²) in [6, 6.07) is 9.52. The van der Waals surface area contributed by atoms with E-state index in [4.69, 9.17) is 4.74 Å². The van der Waals surface area contributed by atoms with Gasteiger partial charge >= 0.3 is 0 Å². The number of thioether (sulfide) groups is 1. The van der Waals surface area contributed by atoms with Crippen molar-refractivity contribution in [2.45, 2.75) is 31.3 Å². The van der Waals surface area contributed by atoms with Crippen LogP contribution in [0.15, 0.2) is 40.0 Å². The van der Waals surface area contributed by atoms with Crippen molar-refractivity contribution in [2.75, 3.05) is 5.75 Å². The molecule has 0 spiro atoms. The first kappa shape index (κ1) is 14.2. The maximum Gasteiger partial charge on any atom is 0.251 e. The summed E-state index contributed by atoms with van der Waals surface area (Å²) < 4.78 is 5.98. The van der Waals surface area contributed by atoms with Crippen LogP contribution >= 0.6 is 11.8 Å². The molecule has 2 heterocycles. The maximum absolute atomic E-state index is 11.8. The molecule has 1 aromatic carbocycles. The van der Waals surface area contributed by atoms with E-state index in [1.54, 1.807) is 17.8 Å². The van der Waals surface area contributed by atoms with E-state index in [2.05, 4.69) is 23.8 Å². The van der Waals surface area contributed by atoms with Crippen LogP contribution in [0.5, 0.6) is 5.75 Å². The number of H-pyrrole nitrogens is 1. The molecule has 110 valence electrons. The molecule has 0 aliphatic carbocycles. The Kier molecular flexibility index (Phi) is 4.01. The van der Waals surface area contributed by atoms with Gasteiger partial charge in [-0.05, 0) is 24.5 Å². The van der Waals surface area contributed by atoms with Gasteiger partial charge in [0.15, 0.2) is 11.9 Å². The van der Waals surface area contributed by atoms with E-state index < -0.39 is 0 Å². The second-order valence-corrected chi connectivity index (χ2v) is 6.65. The summed E-state index contributed by atoms with van der Waals surface area (Å²) in [7, 11) is 0. The van der Waals surface area contributed by atoms with Gasteiger partial charge in [-0.25, -0.2) is 4.98 Å². The number of aromatic amines is 1. The molecule has 0 amide bonds. The zero-order chi connectivity index (χ0) is 14.8. The molecule has 2 aromatic rings. The van der Waals surface area contributed by atoms with Gasteiger partial charge in [-0.3, -0.25) is 4.79 Å². The molecule has 1 aliphatic rings. The highest BCUT2D eigenvalue weighted by Gasteiger charge is 2.24. The number of hydrogen-bond donors (Lipinski definition) is 1. The van der Waals surface area contributed by atoms with Crippen molar-refractivity contribution in [1.82, 2.24) is 9.97 Å². The highest BCUT2D eigenvalue weighted by Crippen LogP contribution is 2.39. The van der Waals surface area contributed by atoms with E-state index in [-0.39, 0.29) is 11.7 Å². The fourth-order valence-electron chi connectivity index (χ4n) is 2.36. The number of para-hydroxylation sites is 1. The van der Waals surface area contributed by atoms with Gasteiger partial charge in [0.25, 0.3) is 5.56 Å². The van der Waals surface area contributed by atoms with Crippen LogP contribution in [-0.4, -0.2) is 15.7 Å². The van der Waals surface area contributed by atoms with Gasteiger partial charge in [0.1, 0.15) is 5.75 Å². The summed E-state index contributed by atoms with van der Waals surface area (Å²) in [5.41, 5.74) is 0.722. The van der Waals surface area contributed by atoms with Crippen LogP contribution in [0.4, 0.5) is 0 Å². The van der Waals surface area contributed by atoms with Crippen LogP contribution in [0.25, 0.3) is 0 Å². The van der Waals surface area contributed by atoms with Gasteiger partial charge in [-0.2, -0.15) is 0 Å². The molecule has 3 rings (SSSR count). The molecule has 21 heavy (non-hydrogen) atoms. The van der Waals surface area contributed by atoms with Crippen LogP contribution in [0.2, 0.25) is 0 Å². The van der Waals surface area contributed by atoms with Crippen LogP contribution in [0.3, 0.4) is 0 Å². The Morgan fingerprint density at radius 2 is 2.24 bits per heavy atom. The molecule has 1 N–H and O–H groups in total. The van der Waals surface area contributed by atoms with E-state index in [0.717, 1.165) is 28.5 Å². The lowest BCUT2D eigenvalue weighted by Crippen LogP contribution is -2.22. The second-order valence-electron chi connectivity index (χ2n) is 5.58. The number of ether oxygens (including phenoxy) is 1. The van der Waals surface area contributed by atoms with E-state index in [0.29, 0.717) is 11.7 Å². The highest BCUT2D eigenvalue weighted by molar-refractivity contribution is 7.99. The van der Waals surface area contributed by atoms with E-state index >= 15 is 0 Å². The molecule has 1 aromatic heterocycles. The van der Waals surface area contributed by atoms with E-state index in [1.807, 2.05) is 24.3 Å². The van der Waals surface area contributed by atoms with Gasteiger partial charge in [0.2, 0.25) is 0 Å². The summed E-state index contributed by atoms with van der Waals surface area (Å²) in [6.07, 6.45) is 0.595. The summed E-state index contributed by atoms with van der Waals surface area (Å²) in [5.74, 6) is 2.70. The van der Waals surface area contributed by atoms with Gasteiger partial charge < -0.3 is 9.72 Å². The maximum atomic E-state index is 11.8. The third-order valence-electron chi connectivity index (χ3n) is 3.24. The first-order valence-electron chi connectivity index (χ1n) is 7.10. The monoisotopic (exact) mass is 302 g/mol. The zero-order valence-corrected chi connectivity index (χ0v) is 12.9. The fraction of sp³-hybridized carbons (Fsp3) is 0.375. The van der Waals surface area contributed by atoms with Crippen molar-refractivity contribution in [3.05, 3.63) is 52.2 Å². The Labute approximate surface area is 128 Å². The quantitative estimate of drug-likeness (QED) is 0.946. The third kappa shape index (κ3) is 3.29. The molecular weight excluding hydrogens is 284 g/mol. The van der Waals surface area contributed by atoms with Crippen molar-refractivity contribution in [3.63, 3.8) is 0 Å². The molecule has 5 heteroatoms. The Balaban J connectivity index is 1.88. The number of rotatable bonds is 3. The standard InChI is InChI=1S/C16H18N2O2S/c1-10(2)7-11-8-15(19)18-16(17-11)13-9-21-14-6-4-3-5-12(14)20-13/h3-6,8,10,13H,7,9H2,1-2H3,(H,17,18,19). The minimum Gasteiger partial charge on any atom is -0.480 e. The first-order chi connectivity index (χ1) is 10.1. The minimum atomic E-state index is -0.204. The van der Waals surface area contributed by atoms with Crippen molar-refractivity contribution < 1.29 is 4.74 Å². The lowest BCUT2D eigenvalue weighted by Gasteiger charge is -2.25. The molecule has 0 fully saturated rings. The van der Waals surface area contributed by atoms with E-state index in [9.17, 15) is 4.79 Å². The molecular formula is C16H18N2O2S. The Bertz CT molecular complexity index is 697. The third-order valence-corrected chi connectivity index (χ3v) is 4.36. The lowest BCUT2D eigenvalue weighted by molar-refractivity contribution is 0.209. The Morgan fingerprint density at radius 3 is 3.05 bits per heavy atom. The van der Waals surface area contributed by atoms with Crippen molar-refractivity contribution in [3.8, 4) is 5.75 Å². The van der Waals surface area contributed by atoms with Gasteiger partial charge in [-0.1, -0.05) is 26.0 Å². The molecule has 0 saturated heterocycles. The normalized spacial score (nSPS) is 17.4. The van der Waals surface area contributed by atoms with Gasteiger partial charge in [0, 0.05) is 22.4 Å². The first-order valence-corrected chi connectivity index (χ1v) is 8.09. The van der Waals surface area contributed by atoms with Gasteiger partial charge in [-0.15, -0.1) is 11.8 Å². The number of nitrogens with one attached hydrogen (secondary N) is 1. The van der Waals surface area contributed by atoms with Crippen molar-refractivity contribution in [2.24, 2.45) is 5.92 Å². The smallest absolute Gasteiger partial charge is 0.251 e. The van der Waals surface area contributed by atoms with Crippen molar-refractivity contribution in [1.29, 1.82) is 0 Å². The summed E-state index contributed by atoms with van der Waals surface area (Å²) in [4.78, 5) is 20.3. The van der Waals surface area contributed by atoms with Crippen LogP contribution < -0.4 is 10.3 Å². The summed E-state index contributed by atoms with van der Waals surface area (Å²) in [5, 5.41) is 0. The molecule has 4 nitrogen and oxygen atoms in total. The molecule has 0 saturated carbocycles. The summed E-state index contributed by atoms with van der Waals surface area (Å²) >= 11 is 1.73. The molecule has 1 atom stereocenters. The summed E-state index contributed by atoms with van der Waals surface area (Å²) in [6.45, 7) is 4.23. The number of aromatic nitrogens is 2. The average molecular weight is 302 g/mol.